The summed E-state index contributed by atoms with van der Waals surface area (Å²) in [5, 5.41) is 8.77. The SMILES string of the molecule is COC(=O)CN(C)c1cncc(C(=O)O)c1. The van der Waals surface area contributed by atoms with E-state index in [0.717, 1.165) is 0 Å². The Bertz CT molecular complexity index is 406. The Morgan fingerprint density at radius 2 is 2.19 bits per heavy atom. The molecule has 0 saturated heterocycles. The molecule has 0 aliphatic heterocycles. The summed E-state index contributed by atoms with van der Waals surface area (Å²) >= 11 is 0. The Labute approximate surface area is 92.5 Å². The first kappa shape index (κ1) is 12.0. The second kappa shape index (κ2) is 5.11. The van der Waals surface area contributed by atoms with Crippen molar-refractivity contribution in [2.45, 2.75) is 0 Å². The van der Waals surface area contributed by atoms with Gasteiger partial charge >= 0.3 is 11.9 Å². The van der Waals surface area contributed by atoms with Crippen LogP contribution in [0, 0.1) is 0 Å². The van der Waals surface area contributed by atoms with E-state index in [4.69, 9.17) is 5.11 Å². The molecule has 1 rings (SSSR count). The van der Waals surface area contributed by atoms with Crippen LogP contribution in [-0.4, -0.2) is 42.7 Å². The van der Waals surface area contributed by atoms with E-state index < -0.39 is 11.9 Å². The summed E-state index contributed by atoms with van der Waals surface area (Å²) in [6, 6.07) is 1.44. The van der Waals surface area contributed by atoms with Crippen molar-refractivity contribution in [1.82, 2.24) is 4.98 Å². The van der Waals surface area contributed by atoms with Crippen molar-refractivity contribution in [3.63, 3.8) is 0 Å². The Morgan fingerprint density at radius 1 is 1.50 bits per heavy atom. The highest BCUT2D eigenvalue weighted by molar-refractivity contribution is 5.88. The van der Waals surface area contributed by atoms with Crippen molar-refractivity contribution in [3.05, 3.63) is 24.0 Å². The van der Waals surface area contributed by atoms with Crippen LogP contribution in [0.15, 0.2) is 18.5 Å². The van der Waals surface area contributed by atoms with Gasteiger partial charge in [-0.1, -0.05) is 0 Å². The zero-order valence-corrected chi connectivity index (χ0v) is 9.01. The lowest BCUT2D eigenvalue weighted by Gasteiger charge is -2.17. The van der Waals surface area contributed by atoms with Gasteiger partial charge in [-0.15, -0.1) is 0 Å². The number of likely N-dealkylation sites (N-methyl/N-ethyl adjacent to an activating group) is 1. The molecule has 1 aromatic rings. The van der Waals surface area contributed by atoms with E-state index in [-0.39, 0.29) is 12.1 Å². The molecule has 0 amide bonds. The fourth-order valence-electron chi connectivity index (χ4n) is 1.10. The summed E-state index contributed by atoms with van der Waals surface area (Å²) in [5.41, 5.74) is 0.625. The van der Waals surface area contributed by atoms with Gasteiger partial charge in [0.2, 0.25) is 0 Å². The number of nitrogens with zero attached hydrogens (tertiary/aromatic N) is 2. The van der Waals surface area contributed by atoms with Crippen LogP contribution in [-0.2, 0) is 9.53 Å². The number of hydrogen-bond donors (Lipinski definition) is 1. The van der Waals surface area contributed by atoms with Crippen molar-refractivity contribution in [2.75, 3.05) is 25.6 Å². The van der Waals surface area contributed by atoms with Gasteiger partial charge in [0.15, 0.2) is 0 Å². The summed E-state index contributed by atoms with van der Waals surface area (Å²) in [5.74, 6) is -1.45. The van der Waals surface area contributed by atoms with Crippen LogP contribution in [0.1, 0.15) is 10.4 Å². The van der Waals surface area contributed by atoms with Crippen LogP contribution in [0.2, 0.25) is 0 Å². The number of methoxy groups -OCH3 is 1. The number of hydrogen-bond acceptors (Lipinski definition) is 5. The molecule has 0 spiro atoms. The Kier molecular flexibility index (Phi) is 3.82. The summed E-state index contributed by atoms with van der Waals surface area (Å²) in [6.45, 7) is 0.0429. The van der Waals surface area contributed by atoms with Crippen molar-refractivity contribution >= 4 is 17.6 Å². The number of esters is 1. The molecule has 0 aromatic carbocycles. The number of rotatable bonds is 4. The van der Waals surface area contributed by atoms with Gasteiger partial charge in [-0.2, -0.15) is 0 Å². The predicted octanol–water partition coefficient (Wildman–Crippen LogP) is 0.389. The highest BCUT2D eigenvalue weighted by atomic mass is 16.5. The highest BCUT2D eigenvalue weighted by Crippen LogP contribution is 2.12. The number of carbonyl (C=O) groups is 2. The molecule has 0 aliphatic carbocycles. The summed E-state index contributed by atoms with van der Waals surface area (Å²) in [6.07, 6.45) is 2.73. The fourth-order valence-corrected chi connectivity index (χ4v) is 1.10. The standard InChI is InChI=1S/C10H12N2O4/c1-12(6-9(13)16-2)8-3-7(10(14)15)4-11-5-8/h3-5H,6H2,1-2H3,(H,14,15). The number of anilines is 1. The Morgan fingerprint density at radius 3 is 2.75 bits per heavy atom. The Hall–Kier alpha value is -2.11. The highest BCUT2D eigenvalue weighted by Gasteiger charge is 2.10. The molecule has 86 valence electrons. The van der Waals surface area contributed by atoms with Gasteiger partial charge in [-0.3, -0.25) is 9.78 Å². The van der Waals surface area contributed by atoms with Gasteiger partial charge in [0.25, 0.3) is 0 Å². The third-order valence-electron chi connectivity index (χ3n) is 2.01. The van der Waals surface area contributed by atoms with Crippen molar-refractivity contribution in [1.29, 1.82) is 0 Å². The van der Waals surface area contributed by atoms with Crippen molar-refractivity contribution < 1.29 is 19.4 Å². The van der Waals surface area contributed by atoms with Gasteiger partial charge in [0.05, 0.1) is 24.6 Å². The number of carboxylic acids is 1. The van der Waals surface area contributed by atoms with Gasteiger partial charge in [-0.05, 0) is 6.07 Å². The van der Waals surface area contributed by atoms with E-state index in [1.54, 1.807) is 11.9 Å². The molecule has 1 N–H and O–H groups in total. The number of aromatic nitrogens is 1. The molecule has 0 atom stereocenters. The number of carboxylic acid groups (broad SMARTS) is 1. The van der Waals surface area contributed by atoms with Crippen LogP contribution in [0.5, 0.6) is 0 Å². The molecule has 0 unspecified atom stereocenters. The minimum Gasteiger partial charge on any atom is -0.478 e. The van der Waals surface area contributed by atoms with Crippen molar-refractivity contribution in [3.8, 4) is 0 Å². The van der Waals surface area contributed by atoms with Crippen LogP contribution in [0.25, 0.3) is 0 Å². The van der Waals surface area contributed by atoms with Crippen LogP contribution >= 0.6 is 0 Å². The first-order valence-corrected chi connectivity index (χ1v) is 4.51. The quantitative estimate of drug-likeness (QED) is 0.745. The zero-order valence-electron chi connectivity index (χ0n) is 9.01. The van der Waals surface area contributed by atoms with Crippen LogP contribution in [0.4, 0.5) is 5.69 Å². The Balaban J connectivity index is 2.83. The molecule has 0 aliphatic rings. The monoisotopic (exact) mass is 224 g/mol. The van der Waals surface area contributed by atoms with Crippen molar-refractivity contribution in [2.24, 2.45) is 0 Å². The van der Waals surface area contributed by atoms with E-state index in [1.165, 1.54) is 25.6 Å². The van der Waals surface area contributed by atoms with Gasteiger partial charge in [0, 0.05) is 13.2 Å². The zero-order chi connectivity index (χ0) is 12.1. The van der Waals surface area contributed by atoms with Crippen LogP contribution < -0.4 is 4.90 Å². The molecule has 16 heavy (non-hydrogen) atoms. The topological polar surface area (TPSA) is 79.7 Å². The summed E-state index contributed by atoms with van der Waals surface area (Å²) < 4.78 is 4.50. The minimum atomic E-state index is -1.05. The molecule has 0 saturated carbocycles. The second-order valence-electron chi connectivity index (χ2n) is 3.17. The van der Waals surface area contributed by atoms with E-state index in [2.05, 4.69) is 9.72 Å². The maximum atomic E-state index is 11.0. The lowest BCUT2D eigenvalue weighted by molar-refractivity contribution is -0.138. The second-order valence-corrected chi connectivity index (χ2v) is 3.17. The first-order valence-electron chi connectivity index (χ1n) is 4.51. The van der Waals surface area contributed by atoms with E-state index in [0.29, 0.717) is 5.69 Å². The molecular formula is C10H12N2O4. The smallest absolute Gasteiger partial charge is 0.337 e. The molecule has 0 radical (unpaired) electrons. The maximum Gasteiger partial charge on any atom is 0.337 e. The van der Waals surface area contributed by atoms with Gasteiger partial charge in [-0.25, -0.2) is 4.79 Å². The first-order chi connectivity index (χ1) is 7.54. The average molecular weight is 224 g/mol. The number of ether oxygens (including phenoxy) is 1. The van der Waals surface area contributed by atoms with Crippen LogP contribution in [0.3, 0.4) is 0 Å². The number of aromatic carboxylic acids is 1. The average Bonchev–Trinajstić information content (AvgIpc) is 2.28. The largest absolute Gasteiger partial charge is 0.478 e. The predicted molar refractivity (Wildman–Crippen MR) is 56.5 cm³/mol. The third-order valence-corrected chi connectivity index (χ3v) is 2.01. The molecule has 0 fully saturated rings. The van der Waals surface area contributed by atoms with E-state index >= 15 is 0 Å². The molecule has 1 aromatic heterocycles. The normalized spacial score (nSPS) is 9.62. The van der Waals surface area contributed by atoms with E-state index in [9.17, 15) is 9.59 Å². The van der Waals surface area contributed by atoms with Gasteiger partial charge in [0.1, 0.15) is 6.54 Å². The number of carbonyl (C=O) groups excluding carboxylic acids is 1. The van der Waals surface area contributed by atoms with Gasteiger partial charge < -0.3 is 14.7 Å². The molecule has 6 nitrogen and oxygen atoms in total. The summed E-state index contributed by atoms with van der Waals surface area (Å²) in [7, 11) is 2.95. The minimum absolute atomic E-state index is 0.0429. The van der Waals surface area contributed by atoms with E-state index in [1.807, 2.05) is 0 Å². The maximum absolute atomic E-state index is 11.0. The lowest BCUT2D eigenvalue weighted by Crippen LogP contribution is -2.26. The summed E-state index contributed by atoms with van der Waals surface area (Å²) in [4.78, 5) is 27.1. The molecular weight excluding hydrogens is 212 g/mol. The lowest BCUT2D eigenvalue weighted by atomic mass is 10.2. The number of pyridine rings is 1. The molecule has 1 heterocycles. The molecule has 0 bridgehead atoms. The third kappa shape index (κ3) is 2.94. The molecule has 6 heteroatoms. The fraction of sp³-hybridized carbons (Fsp3) is 0.300.